The summed E-state index contributed by atoms with van der Waals surface area (Å²) < 4.78 is 13.0. The molecule has 1 aliphatic heterocycles. The van der Waals surface area contributed by atoms with E-state index in [0.717, 1.165) is 66.7 Å². The van der Waals surface area contributed by atoms with E-state index in [1.807, 2.05) is 12.1 Å². The van der Waals surface area contributed by atoms with Crippen LogP contribution >= 0.6 is 0 Å². The minimum absolute atomic E-state index is 0.603. The first-order chi connectivity index (χ1) is 30.0. The number of aryl methyl sites for hydroxylation is 2. The summed E-state index contributed by atoms with van der Waals surface area (Å²) in [5, 5.41) is 5.19. The van der Waals surface area contributed by atoms with Gasteiger partial charge in [0.05, 0.1) is 0 Å². The number of aromatic nitrogens is 2. The van der Waals surface area contributed by atoms with E-state index in [2.05, 4.69) is 208 Å². The van der Waals surface area contributed by atoms with Crippen LogP contribution in [0.25, 0.3) is 66.6 Å². The molecule has 0 atom stereocenters. The lowest BCUT2D eigenvalue weighted by atomic mass is 9.89. The van der Waals surface area contributed by atoms with Crippen molar-refractivity contribution < 1.29 is 8.83 Å². The zero-order valence-electron chi connectivity index (χ0n) is 33.8. The Labute approximate surface area is 355 Å². The summed E-state index contributed by atoms with van der Waals surface area (Å²) in [7, 11) is -3.29. The van der Waals surface area contributed by atoms with Crippen LogP contribution in [0.15, 0.2) is 215 Å². The second kappa shape index (κ2) is 14.9. The van der Waals surface area contributed by atoms with Crippen LogP contribution in [-0.2, 0) is 0 Å². The molecule has 4 nitrogen and oxygen atoms in total. The monoisotopic (exact) mass is 800 g/mol. The highest BCUT2D eigenvalue weighted by atomic mass is 28.3. The fourth-order valence-electron chi connectivity index (χ4n) is 9.32. The molecule has 0 N–H and O–H groups in total. The molecule has 0 radical (unpaired) electrons. The van der Waals surface area contributed by atoms with Crippen molar-refractivity contribution in [3.63, 3.8) is 0 Å². The van der Waals surface area contributed by atoms with Crippen LogP contribution < -0.4 is 10.4 Å². The first-order valence-corrected chi connectivity index (χ1v) is 22.7. The molecule has 0 fully saturated rings. The van der Waals surface area contributed by atoms with Crippen LogP contribution in [0.3, 0.4) is 0 Å². The molecule has 0 saturated heterocycles. The van der Waals surface area contributed by atoms with Crippen molar-refractivity contribution in [3.8, 4) is 22.9 Å². The van der Waals surface area contributed by atoms with Gasteiger partial charge in [-0.1, -0.05) is 158 Å². The number of fused-ring (bicyclic) bond motifs is 2. The quantitative estimate of drug-likeness (QED) is 0.144. The minimum Gasteiger partial charge on any atom is -0.436 e. The Balaban J connectivity index is 1.27. The Morgan fingerprint density at radius 1 is 0.344 bits per heavy atom. The van der Waals surface area contributed by atoms with Crippen LogP contribution in [0.4, 0.5) is 0 Å². The van der Waals surface area contributed by atoms with Crippen molar-refractivity contribution in [2.45, 2.75) is 13.8 Å². The lowest BCUT2D eigenvalue weighted by Crippen LogP contribution is -2.59. The van der Waals surface area contributed by atoms with Gasteiger partial charge >= 0.3 is 0 Å². The van der Waals surface area contributed by atoms with E-state index >= 15 is 0 Å². The van der Waals surface area contributed by atoms with E-state index in [9.17, 15) is 0 Å². The molecular formula is C56H40N2O2Si. The topological polar surface area (TPSA) is 52.1 Å². The molecule has 61 heavy (non-hydrogen) atoms. The molecule has 2 aromatic heterocycles. The van der Waals surface area contributed by atoms with Gasteiger partial charge in [0.15, 0.2) is 19.2 Å². The van der Waals surface area contributed by atoms with Gasteiger partial charge in [-0.25, -0.2) is 9.97 Å². The average Bonchev–Trinajstić information content (AvgIpc) is 4.03. The zero-order valence-corrected chi connectivity index (χ0v) is 34.8. The fourth-order valence-corrected chi connectivity index (χ4v) is 14.9. The first-order valence-electron chi connectivity index (χ1n) is 20.7. The second-order valence-corrected chi connectivity index (χ2v) is 19.5. The van der Waals surface area contributed by atoms with Gasteiger partial charge in [0.2, 0.25) is 11.8 Å². The summed E-state index contributed by atoms with van der Waals surface area (Å²) in [4.78, 5) is 10.1. The maximum atomic E-state index is 6.48. The number of nitrogens with zero attached hydrogens (tertiary/aromatic N) is 2. The molecular weight excluding hydrogens is 761 g/mol. The maximum absolute atomic E-state index is 6.48. The van der Waals surface area contributed by atoms with Gasteiger partial charge < -0.3 is 8.83 Å². The van der Waals surface area contributed by atoms with Crippen molar-refractivity contribution in [2.24, 2.45) is 0 Å². The van der Waals surface area contributed by atoms with Crippen LogP contribution in [0.1, 0.15) is 33.4 Å². The van der Waals surface area contributed by atoms with Crippen molar-refractivity contribution >= 4 is 62.2 Å². The van der Waals surface area contributed by atoms with E-state index < -0.39 is 8.07 Å². The third kappa shape index (κ3) is 6.21. The lowest BCUT2D eigenvalue weighted by molar-refractivity contribution is 0.619. The Morgan fingerprint density at radius 2 is 0.705 bits per heavy atom. The minimum atomic E-state index is -3.29. The largest absolute Gasteiger partial charge is 0.436 e. The Morgan fingerprint density at radius 3 is 1.11 bits per heavy atom. The van der Waals surface area contributed by atoms with Gasteiger partial charge in [-0.15, -0.1) is 0 Å². The Bertz CT molecular complexity index is 3090. The van der Waals surface area contributed by atoms with Gasteiger partial charge in [-0.2, -0.15) is 0 Å². The van der Waals surface area contributed by atoms with E-state index in [-0.39, 0.29) is 0 Å². The van der Waals surface area contributed by atoms with Crippen molar-refractivity contribution in [1.29, 1.82) is 0 Å². The number of benzene rings is 8. The van der Waals surface area contributed by atoms with Gasteiger partial charge in [0.25, 0.3) is 0 Å². The van der Waals surface area contributed by atoms with E-state index in [4.69, 9.17) is 18.8 Å². The van der Waals surface area contributed by atoms with Crippen molar-refractivity contribution in [1.82, 2.24) is 9.97 Å². The summed E-state index contributed by atoms with van der Waals surface area (Å²) >= 11 is 0. The SMILES string of the molecule is Cc1ccc2oc(-c3cccc(C4=C(c5ccccc5)C(c5ccccc5)=C(c5cccc(-c6nc7cc(C)ccc7o6)c5)[Si]4(c4ccccc4)c4ccccc4)c3)nc2c1. The molecule has 0 saturated carbocycles. The molecule has 10 aromatic rings. The Kier molecular flexibility index (Phi) is 8.91. The summed E-state index contributed by atoms with van der Waals surface area (Å²) in [6, 6.07) is 74.3. The van der Waals surface area contributed by atoms with Crippen LogP contribution in [0.5, 0.6) is 0 Å². The van der Waals surface area contributed by atoms with Crippen molar-refractivity contribution in [3.05, 3.63) is 240 Å². The van der Waals surface area contributed by atoms with Gasteiger partial charge in [-0.05, 0) is 128 Å². The molecule has 0 amide bonds. The molecule has 11 rings (SSSR count). The molecule has 3 heterocycles. The Hall–Kier alpha value is -7.60. The van der Waals surface area contributed by atoms with Crippen LogP contribution in [0.2, 0.25) is 0 Å². The number of oxazole rings is 2. The van der Waals surface area contributed by atoms with E-state index in [1.54, 1.807) is 0 Å². The molecule has 0 aliphatic carbocycles. The van der Waals surface area contributed by atoms with Crippen LogP contribution in [-0.4, -0.2) is 18.0 Å². The average molecular weight is 801 g/mol. The van der Waals surface area contributed by atoms with Gasteiger partial charge in [0.1, 0.15) is 11.0 Å². The second-order valence-electron chi connectivity index (χ2n) is 15.9. The summed E-state index contributed by atoms with van der Waals surface area (Å²) in [5.74, 6) is 1.21. The third-order valence-electron chi connectivity index (χ3n) is 11.9. The van der Waals surface area contributed by atoms with Crippen LogP contribution in [0, 0.1) is 13.8 Å². The predicted octanol–water partition coefficient (Wildman–Crippen LogP) is 12.8. The summed E-state index contributed by atoms with van der Waals surface area (Å²) in [5.41, 5.74) is 14.4. The zero-order chi connectivity index (χ0) is 40.9. The van der Waals surface area contributed by atoms with E-state index in [0.29, 0.717) is 11.8 Å². The van der Waals surface area contributed by atoms with Gasteiger partial charge in [0, 0.05) is 11.1 Å². The maximum Gasteiger partial charge on any atom is 0.227 e. The first kappa shape index (κ1) is 36.5. The molecule has 5 heteroatoms. The summed E-state index contributed by atoms with van der Waals surface area (Å²) in [6.07, 6.45) is 0. The molecule has 0 spiro atoms. The molecule has 8 aromatic carbocycles. The number of rotatable bonds is 8. The highest BCUT2D eigenvalue weighted by Crippen LogP contribution is 2.56. The smallest absolute Gasteiger partial charge is 0.227 e. The molecule has 0 unspecified atom stereocenters. The molecule has 1 aliphatic rings. The molecule has 0 bridgehead atoms. The number of hydrogen-bond acceptors (Lipinski definition) is 4. The van der Waals surface area contributed by atoms with Gasteiger partial charge in [-0.3, -0.25) is 0 Å². The fraction of sp³-hybridized carbons (Fsp3) is 0.0357. The lowest BCUT2D eigenvalue weighted by Gasteiger charge is -2.36. The summed E-state index contributed by atoms with van der Waals surface area (Å²) in [6.45, 7) is 4.17. The van der Waals surface area contributed by atoms with E-state index in [1.165, 1.54) is 31.9 Å². The number of hydrogen-bond donors (Lipinski definition) is 0. The highest BCUT2D eigenvalue weighted by molar-refractivity contribution is 7.29. The standard InChI is InChI=1S/C56H40N2O2Si/c1-37-29-31-49-47(33-37)57-55(59-49)43-23-15-21-41(35-43)53-51(39-17-7-3-8-18-39)52(40-19-9-4-10-20-40)54(61(53,45-25-11-5-12-26-45)46-27-13-6-14-28-46)42-22-16-24-44(36-42)56-58-48-34-38(2)30-32-50(48)60-56/h3-36H,1-2H3. The third-order valence-corrected chi connectivity index (χ3v) is 16.9. The normalized spacial score (nSPS) is 13.7. The molecule has 290 valence electrons. The highest BCUT2D eigenvalue weighted by Gasteiger charge is 2.53. The predicted molar refractivity (Wildman–Crippen MR) is 253 cm³/mol. The van der Waals surface area contributed by atoms with Crippen molar-refractivity contribution in [2.75, 3.05) is 0 Å². The number of allylic oxidation sites excluding steroid dienone is 2.